The lowest BCUT2D eigenvalue weighted by atomic mass is 9.60. The molecule has 0 aliphatic carbocycles. The monoisotopic (exact) mass is 449 g/mol. The molecule has 2 aromatic rings. The first-order chi connectivity index (χ1) is 15.8. The van der Waals surface area contributed by atoms with Gasteiger partial charge in [0.25, 0.3) is 0 Å². The van der Waals surface area contributed by atoms with Crippen molar-refractivity contribution in [1.82, 2.24) is 4.90 Å². The van der Waals surface area contributed by atoms with Crippen LogP contribution in [0.3, 0.4) is 0 Å². The number of carbonyl (C=O) groups excluding carboxylic acids is 2. The molecule has 3 rings (SSSR count). The quantitative estimate of drug-likeness (QED) is 0.577. The number of carbonyl (C=O) groups is 2. The fraction of sp³-hybridized carbons (Fsp3) is 0.333. The van der Waals surface area contributed by atoms with Crippen LogP contribution in [-0.2, 0) is 24.5 Å². The van der Waals surface area contributed by atoms with Crippen LogP contribution < -0.4 is 4.74 Å². The second-order valence-corrected chi connectivity index (χ2v) is 7.83. The Bertz CT molecular complexity index is 1060. The summed E-state index contributed by atoms with van der Waals surface area (Å²) in [5, 5.41) is 0. The Labute approximate surface area is 195 Å². The smallest absolute Gasteiger partial charge is 0.336 e. The van der Waals surface area contributed by atoms with E-state index in [1.165, 1.54) is 0 Å². The average molecular weight is 450 g/mol. The molecule has 2 atom stereocenters. The molecule has 1 heterocycles. The number of methoxy groups -OCH3 is 1. The lowest BCUT2D eigenvalue weighted by Gasteiger charge is -2.48. The van der Waals surface area contributed by atoms with Crippen LogP contribution >= 0.6 is 0 Å². The molecule has 2 aromatic carbocycles. The number of likely N-dealkylation sites (N-methyl/N-ethyl adjacent to an activating group) is 1. The maximum Gasteiger partial charge on any atom is 0.336 e. The molecule has 0 unspecified atom stereocenters. The summed E-state index contributed by atoms with van der Waals surface area (Å²) in [5.41, 5.74) is 1.67. The molecule has 0 radical (unpaired) electrons. The SMILES string of the molecule is C=C1N(C)C(C)=C(C(=O)OCC)[C@H](c2ccc(OC)cc2)[C@]1(C(=O)OCC)c1ccccc1. The molecule has 6 heteroatoms. The first kappa shape index (κ1) is 24.1. The summed E-state index contributed by atoms with van der Waals surface area (Å²) < 4.78 is 16.5. The van der Waals surface area contributed by atoms with Gasteiger partial charge in [-0.1, -0.05) is 49.0 Å². The second-order valence-electron chi connectivity index (χ2n) is 7.83. The van der Waals surface area contributed by atoms with E-state index in [4.69, 9.17) is 14.2 Å². The first-order valence-electron chi connectivity index (χ1n) is 11.0. The van der Waals surface area contributed by atoms with Crippen molar-refractivity contribution in [2.75, 3.05) is 27.4 Å². The minimum Gasteiger partial charge on any atom is -0.497 e. The Morgan fingerprint density at radius 2 is 1.61 bits per heavy atom. The molecule has 174 valence electrons. The number of nitrogens with zero attached hydrogens (tertiary/aromatic N) is 1. The summed E-state index contributed by atoms with van der Waals surface area (Å²) in [6.45, 7) is 10.1. The second kappa shape index (κ2) is 9.94. The largest absolute Gasteiger partial charge is 0.497 e. The Morgan fingerprint density at radius 3 is 2.15 bits per heavy atom. The van der Waals surface area contributed by atoms with Gasteiger partial charge in [0.05, 0.1) is 25.9 Å². The summed E-state index contributed by atoms with van der Waals surface area (Å²) in [5.74, 6) is -0.985. The molecule has 1 aliphatic rings. The van der Waals surface area contributed by atoms with Crippen LogP contribution in [-0.4, -0.2) is 44.2 Å². The van der Waals surface area contributed by atoms with Gasteiger partial charge in [-0.15, -0.1) is 0 Å². The van der Waals surface area contributed by atoms with Crippen LogP contribution in [0, 0.1) is 0 Å². The third-order valence-electron chi connectivity index (χ3n) is 6.25. The van der Waals surface area contributed by atoms with Crippen molar-refractivity contribution in [1.29, 1.82) is 0 Å². The fourth-order valence-corrected chi connectivity index (χ4v) is 4.56. The van der Waals surface area contributed by atoms with E-state index >= 15 is 0 Å². The molecule has 0 saturated carbocycles. The standard InChI is InChI=1S/C27H31NO5/c1-7-32-25(29)23-18(3)28(5)19(4)27(26(30)33-8-2,21-12-10-9-11-13-21)24(23)20-14-16-22(31-6)17-15-20/h9-17,24H,4,7-8H2,1-3,5-6H3/t24-,27+/m0/s1. The summed E-state index contributed by atoms with van der Waals surface area (Å²) in [7, 11) is 3.39. The van der Waals surface area contributed by atoms with Gasteiger partial charge in [0.15, 0.2) is 0 Å². The Kier molecular flexibility index (Phi) is 7.26. The molecule has 0 saturated heterocycles. The first-order valence-corrected chi connectivity index (χ1v) is 11.0. The summed E-state index contributed by atoms with van der Waals surface area (Å²) in [6.07, 6.45) is 0. The highest BCUT2D eigenvalue weighted by Gasteiger charge is 2.58. The molecule has 0 fully saturated rings. The zero-order valence-corrected chi connectivity index (χ0v) is 19.9. The zero-order valence-electron chi connectivity index (χ0n) is 19.9. The highest BCUT2D eigenvalue weighted by Crippen LogP contribution is 2.54. The molecule has 0 aromatic heterocycles. The van der Waals surface area contributed by atoms with Gasteiger partial charge in [0, 0.05) is 24.4 Å². The predicted molar refractivity (Wildman–Crippen MR) is 127 cm³/mol. The zero-order chi connectivity index (χ0) is 24.2. The van der Waals surface area contributed by atoms with Crippen LogP contribution in [0.4, 0.5) is 0 Å². The lowest BCUT2D eigenvalue weighted by molar-refractivity contribution is -0.150. The highest BCUT2D eigenvalue weighted by molar-refractivity contribution is 5.98. The molecule has 0 bridgehead atoms. The van der Waals surface area contributed by atoms with Crippen molar-refractivity contribution in [2.24, 2.45) is 0 Å². The van der Waals surface area contributed by atoms with Gasteiger partial charge in [-0.3, -0.25) is 4.79 Å². The molecule has 33 heavy (non-hydrogen) atoms. The Hall–Kier alpha value is -3.54. The van der Waals surface area contributed by atoms with E-state index in [1.807, 2.05) is 61.5 Å². The molecule has 0 amide bonds. The van der Waals surface area contributed by atoms with Crippen LogP contribution in [0.5, 0.6) is 5.75 Å². The molecular weight excluding hydrogens is 418 g/mol. The molecule has 0 spiro atoms. The van der Waals surface area contributed by atoms with E-state index in [9.17, 15) is 9.59 Å². The van der Waals surface area contributed by atoms with Crippen molar-refractivity contribution >= 4 is 11.9 Å². The minimum absolute atomic E-state index is 0.192. The summed E-state index contributed by atoms with van der Waals surface area (Å²) >= 11 is 0. The molecule has 1 aliphatic heterocycles. The van der Waals surface area contributed by atoms with E-state index in [-0.39, 0.29) is 13.2 Å². The van der Waals surface area contributed by atoms with Gasteiger partial charge in [0.1, 0.15) is 11.2 Å². The van der Waals surface area contributed by atoms with Crippen molar-refractivity contribution in [3.05, 3.63) is 89.3 Å². The van der Waals surface area contributed by atoms with Gasteiger partial charge in [-0.05, 0) is 44.0 Å². The van der Waals surface area contributed by atoms with Crippen molar-refractivity contribution in [3.8, 4) is 5.75 Å². The lowest BCUT2D eigenvalue weighted by Crippen LogP contribution is -2.53. The van der Waals surface area contributed by atoms with Gasteiger partial charge in [-0.25, -0.2) is 4.79 Å². The maximum absolute atomic E-state index is 13.9. The number of hydrogen-bond donors (Lipinski definition) is 0. The fourth-order valence-electron chi connectivity index (χ4n) is 4.56. The van der Waals surface area contributed by atoms with E-state index in [1.54, 1.807) is 32.9 Å². The number of hydrogen-bond acceptors (Lipinski definition) is 6. The van der Waals surface area contributed by atoms with Crippen LogP contribution in [0.15, 0.2) is 78.1 Å². The van der Waals surface area contributed by atoms with Gasteiger partial charge in [0.2, 0.25) is 0 Å². The molecule has 0 N–H and O–H groups in total. The average Bonchev–Trinajstić information content (AvgIpc) is 2.83. The highest BCUT2D eigenvalue weighted by atomic mass is 16.5. The van der Waals surface area contributed by atoms with E-state index in [2.05, 4.69) is 6.58 Å². The summed E-state index contributed by atoms with van der Waals surface area (Å²) in [6, 6.07) is 16.7. The molecular formula is C27H31NO5. The van der Waals surface area contributed by atoms with Gasteiger partial charge in [-0.2, -0.15) is 0 Å². The van der Waals surface area contributed by atoms with Crippen molar-refractivity contribution in [3.63, 3.8) is 0 Å². The molecule has 6 nitrogen and oxygen atoms in total. The number of ether oxygens (including phenoxy) is 3. The number of benzene rings is 2. The third kappa shape index (κ3) is 4.01. The van der Waals surface area contributed by atoms with Crippen molar-refractivity contribution in [2.45, 2.75) is 32.1 Å². The van der Waals surface area contributed by atoms with E-state index < -0.39 is 23.3 Å². The van der Waals surface area contributed by atoms with Crippen LogP contribution in [0.25, 0.3) is 0 Å². The van der Waals surface area contributed by atoms with Crippen LogP contribution in [0.2, 0.25) is 0 Å². The van der Waals surface area contributed by atoms with Gasteiger partial charge < -0.3 is 19.1 Å². The van der Waals surface area contributed by atoms with E-state index in [0.29, 0.717) is 28.3 Å². The normalized spacial score (nSPS) is 20.5. The summed E-state index contributed by atoms with van der Waals surface area (Å²) in [4.78, 5) is 29.0. The Morgan fingerprint density at radius 1 is 1.00 bits per heavy atom. The number of esters is 2. The van der Waals surface area contributed by atoms with Crippen molar-refractivity contribution < 1.29 is 23.8 Å². The Balaban J connectivity index is 2.44. The topological polar surface area (TPSA) is 65.1 Å². The van der Waals surface area contributed by atoms with Gasteiger partial charge >= 0.3 is 11.9 Å². The number of allylic oxidation sites excluding steroid dienone is 1. The third-order valence-corrected chi connectivity index (χ3v) is 6.25. The minimum atomic E-state index is -1.37. The van der Waals surface area contributed by atoms with E-state index in [0.717, 1.165) is 5.56 Å². The maximum atomic E-state index is 13.9. The predicted octanol–water partition coefficient (Wildman–Crippen LogP) is 4.58. The van der Waals surface area contributed by atoms with Crippen LogP contribution in [0.1, 0.15) is 37.8 Å². The number of rotatable bonds is 7.